The summed E-state index contributed by atoms with van der Waals surface area (Å²) in [6, 6.07) is 4.44. The van der Waals surface area contributed by atoms with E-state index in [9.17, 15) is 4.79 Å². The lowest BCUT2D eigenvalue weighted by Gasteiger charge is -2.35. The molecule has 0 saturated carbocycles. The quantitative estimate of drug-likeness (QED) is 0.798. The average Bonchev–Trinajstić information content (AvgIpc) is 2.55. The highest BCUT2D eigenvalue weighted by Gasteiger charge is 2.29. The van der Waals surface area contributed by atoms with Gasteiger partial charge in [0, 0.05) is 12.2 Å². The van der Waals surface area contributed by atoms with E-state index in [0.717, 1.165) is 19.4 Å². The van der Waals surface area contributed by atoms with Crippen LogP contribution in [0.1, 0.15) is 77.6 Å². The first kappa shape index (κ1) is 20.3. The Morgan fingerprint density at radius 3 is 2.58 bits per heavy atom. The molecule has 24 heavy (non-hydrogen) atoms. The van der Waals surface area contributed by atoms with Crippen molar-refractivity contribution in [1.29, 1.82) is 0 Å². The molecule has 1 aromatic carbocycles. The molecule has 1 heterocycles. The van der Waals surface area contributed by atoms with E-state index in [1.165, 1.54) is 22.4 Å². The number of alkyl carbamates (subject to hydrolysis) is 1. The molecule has 4 heteroatoms. The van der Waals surface area contributed by atoms with Crippen LogP contribution >= 0.6 is 0 Å². The standard InChI is InChI=1S/C18H28N2O2.C2H6/c1-6-13-10-15-16(19-9-8-18(15,4)5)11-14(13)12(3)20-17(21)22-7-2;1-2/h10-12,19H,6-9H2,1-5H3,(H,20,21);1-2H3. The second-order valence-corrected chi connectivity index (χ2v) is 6.60. The van der Waals surface area contributed by atoms with Crippen molar-refractivity contribution in [3.05, 3.63) is 28.8 Å². The fourth-order valence-corrected chi connectivity index (χ4v) is 3.15. The Kier molecular flexibility index (Phi) is 7.59. The summed E-state index contributed by atoms with van der Waals surface area (Å²) in [5.74, 6) is 0. The monoisotopic (exact) mass is 334 g/mol. The third kappa shape index (κ3) is 4.65. The lowest BCUT2D eigenvalue weighted by Crippen LogP contribution is -2.31. The van der Waals surface area contributed by atoms with Gasteiger partial charge in [-0.05, 0) is 54.9 Å². The fourth-order valence-electron chi connectivity index (χ4n) is 3.15. The highest BCUT2D eigenvalue weighted by molar-refractivity contribution is 5.68. The largest absolute Gasteiger partial charge is 0.450 e. The van der Waals surface area contributed by atoms with Crippen LogP contribution in [0.4, 0.5) is 10.5 Å². The number of hydrogen-bond donors (Lipinski definition) is 2. The number of amides is 1. The summed E-state index contributed by atoms with van der Waals surface area (Å²) in [4.78, 5) is 11.7. The molecule has 0 spiro atoms. The highest BCUT2D eigenvalue weighted by Crippen LogP contribution is 2.39. The zero-order chi connectivity index (χ0) is 18.3. The van der Waals surface area contributed by atoms with Gasteiger partial charge in [-0.1, -0.05) is 40.7 Å². The van der Waals surface area contributed by atoms with Crippen molar-refractivity contribution in [3.63, 3.8) is 0 Å². The molecule has 0 saturated heterocycles. The van der Waals surface area contributed by atoms with Crippen LogP contribution in [0.2, 0.25) is 0 Å². The number of fused-ring (bicyclic) bond motifs is 1. The zero-order valence-electron chi connectivity index (χ0n) is 16.4. The van der Waals surface area contributed by atoms with Crippen molar-refractivity contribution in [1.82, 2.24) is 5.32 Å². The maximum absolute atomic E-state index is 11.7. The Bertz CT molecular complexity index is 553. The molecule has 1 amide bonds. The molecule has 0 bridgehead atoms. The van der Waals surface area contributed by atoms with Gasteiger partial charge < -0.3 is 15.4 Å². The Hall–Kier alpha value is -1.71. The van der Waals surface area contributed by atoms with Crippen LogP contribution in [0.5, 0.6) is 0 Å². The fraction of sp³-hybridized carbons (Fsp3) is 0.650. The van der Waals surface area contributed by atoms with Crippen LogP contribution in [-0.4, -0.2) is 19.2 Å². The van der Waals surface area contributed by atoms with Gasteiger partial charge in [-0.2, -0.15) is 0 Å². The van der Waals surface area contributed by atoms with Crippen LogP contribution in [0.15, 0.2) is 12.1 Å². The van der Waals surface area contributed by atoms with Crippen LogP contribution < -0.4 is 10.6 Å². The molecule has 2 rings (SSSR count). The highest BCUT2D eigenvalue weighted by atomic mass is 16.5. The molecule has 0 fully saturated rings. The third-order valence-corrected chi connectivity index (χ3v) is 4.53. The van der Waals surface area contributed by atoms with Crippen molar-refractivity contribution >= 4 is 11.8 Å². The number of anilines is 1. The molecule has 1 atom stereocenters. The first-order valence-electron chi connectivity index (χ1n) is 9.23. The number of carbonyl (C=O) groups excluding carboxylic acids is 1. The van der Waals surface area contributed by atoms with Gasteiger partial charge >= 0.3 is 6.09 Å². The molecule has 0 aliphatic carbocycles. The molecule has 0 aromatic heterocycles. The molecular formula is C20H34N2O2. The van der Waals surface area contributed by atoms with Gasteiger partial charge in [-0.15, -0.1) is 0 Å². The summed E-state index contributed by atoms with van der Waals surface area (Å²) >= 11 is 0. The number of rotatable bonds is 4. The van der Waals surface area contributed by atoms with Crippen LogP contribution in [-0.2, 0) is 16.6 Å². The normalized spacial score (nSPS) is 16.0. The third-order valence-electron chi connectivity index (χ3n) is 4.53. The van der Waals surface area contributed by atoms with Gasteiger partial charge in [0.1, 0.15) is 0 Å². The predicted molar refractivity (Wildman–Crippen MR) is 102 cm³/mol. The van der Waals surface area contributed by atoms with E-state index in [1.807, 2.05) is 27.7 Å². The predicted octanol–water partition coefficient (Wildman–Crippen LogP) is 5.18. The first-order chi connectivity index (χ1) is 11.4. The van der Waals surface area contributed by atoms with Gasteiger partial charge in [0.2, 0.25) is 0 Å². The van der Waals surface area contributed by atoms with E-state index >= 15 is 0 Å². The van der Waals surface area contributed by atoms with Gasteiger partial charge in [0.05, 0.1) is 12.6 Å². The maximum Gasteiger partial charge on any atom is 0.407 e. The van der Waals surface area contributed by atoms with Crippen molar-refractivity contribution in [2.45, 2.75) is 72.8 Å². The summed E-state index contributed by atoms with van der Waals surface area (Å²) in [7, 11) is 0. The number of hydrogen-bond acceptors (Lipinski definition) is 3. The van der Waals surface area contributed by atoms with Crippen molar-refractivity contribution in [2.75, 3.05) is 18.5 Å². The Labute approximate surface area is 147 Å². The number of aryl methyl sites for hydroxylation is 1. The smallest absolute Gasteiger partial charge is 0.407 e. The summed E-state index contributed by atoms with van der Waals surface area (Å²) in [5, 5.41) is 6.41. The second-order valence-electron chi connectivity index (χ2n) is 6.60. The molecule has 0 radical (unpaired) electrons. The molecule has 136 valence electrons. The van der Waals surface area contributed by atoms with E-state index < -0.39 is 0 Å². The summed E-state index contributed by atoms with van der Waals surface area (Å²) in [6.07, 6.45) is 1.73. The molecular weight excluding hydrogens is 300 g/mol. The van der Waals surface area contributed by atoms with E-state index in [1.54, 1.807) is 0 Å². The van der Waals surface area contributed by atoms with Gasteiger partial charge in [0.25, 0.3) is 0 Å². The van der Waals surface area contributed by atoms with Crippen LogP contribution in [0.3, 0.4) is 0 Å². The summed E-state index contributed by atoms with van der Waals surface area (Å²) < 4.78 is 4.99. The second kappa shape index (κ2) is 8.95. The molecule has 1 aromatic rings. The van der Waals surface area contributed by atoms with E-state index in [0.29, 0.717) is 6.61 Å². The molecule has 1 aliphatic heterocycles. The number of benzene rings is 1. The molecule has 1 unspecified atom stereocenters. The van der Waals surface area contributed by atoms with Gasteiger partial charge in [0.15, 0.2) is 0 Å². The molecule has 2 N–H and O–H groups in total. The Balaban J connectivity index is 0.00000139. The number of carbonyl (C=O) groups is 1. The Morgan fingerprint density at radius 1 is 1.33 bits per heavy atom. The number of nitrogens with one attached hydrogen (secondary N) is 2. The minimum atomic E-state index is -0.358. The van der Waals surface area contributed by atoms with Gasteiger partial charge in [-0.3, -0.25) is 0 Å². The Morgan fingerprint density at radius 2 is 2.00 bits per heavy atom. The van der Waals surface area contributed by atoms with E-state index in [-0.39, 0.29) is 17.6 Å². The summed E-state index contributed by atoms with van der Waals surface area (Å²) in [6.45, 7) is 16.0. The minimum Gasteiger partial charge on any atom is -0.450 e. The molecule has 4 nitrogen and oxygen atoms in total. The van der Waals surface area contributed by atoms with E-state index in [2.05, 4.69) is 43.5 Å². The van der Waals surface area contributed by atoms with Crippen LogP contribution in [0, 0.1) is 0 Å². The lowest BCUT2D eigenvalue weighted by molar-refractivity contribution is 0.149. The van der Waals surface area contributed by atoms with E-state index in [4.69, 9.17) is 4.74 Å². The topological polar surface area (TPSA) is 50.4 Å². The maximum atomic E-state index is 11.7. The lowest BCUT2D eigenvalue weighted by atomic mass is 9.76. The van der Waals surface area contributed by atoms with Crippen molar-refractivity contribution in [3.8, 4) is 0 Å². The molecule has 1 aliphatic rings. The average molecular weight is 335 g/mol. The summed E-state index contributed by atoms with van der Waals surface area (Å²) in [5.41, 5.74) is 5.23. The van der Waals surface area contributed by atoms with Crippen LogP contribution in [0.25, 0.3) is 0 Å². The SMILES string of the molecule is CC.CCOC(=O)NC(C)c1cc2c(cc1CC)C(C)(C)CCN2. The number of ether oxygens (including phenoxy) is 1. The van der Waals surface area contributed by atoms with Gasteiger partial charge in [-0.25, -0.2) is 4.79 Å². The van der Waals surface area contributed by atoms with Crippen molar-refractivity contribution < 1.29 is 9.53 Å². The van der Waals surface area contributed by atoms with Crippen molar-refractivity contribution in [2.24, 2.45) is 0 Å². The zero-order valence-corrected chi connectivity index (χ0v) is 16.4. The minimum absolute atomic E-state index is 0.0638. The first-order valence-corrected chi connectivity index (χ1v) is 9.23.